The Bertz CT molecular complexity index is 978. The van der Waals surface area contributed by atoms with Crippen LogP contribution >= 0.6 is 11.6 Å². The number of nitro benzene ring substituents is 1. The molecule has 0 saturated carbocycles. The molecule has 3 rings (SSSR count). The van der Waals surface area contributed by atoms with E-state index < -0.39 is 16.7 Å². The zero-order chi connectivity index (χ0) is 20.4. The smallest absolute Gasteiger partial charge is 0.271 e. The largest absolute Gasteiger partial charge is 0.495 e. The molecule has 0 aliphatic carbocycles. The van der Waals surface area contributed by atoms with Gasteiger partial charge in [0.05, 0.1) is 23.4 Å². The third kappa shape index (κ3) is 3.84. The molecule has 0 saturated heterocycles. The van der Waals surface area contributed by atoms with Crippen molar-refractivity contribution in [3.05, 3.63) is 51.0 Å². The molecule has 0 bridgehead atoms. The third-order valence-corrected chi connectivity index (χ3v) is 4.56. The summed E-state index contributed by atoms with van der Waals surface area (Å²) in [5, 5.41) is 14.2. The third-order valence-electron chi connectivity index (χ3n) is 4.15. The van der Waals surface area contributed by atoms with Crippen molar-refractivity contribution in [2.75, 3.05) is 30.5 Å². The van der Waals surface area contributed by atoms with Gasteiger partial charge in [-0.1, -0.05) is 11.6 Å². The fraction of sp³-hybridized carbons (Fsp3) is 0.222. The number of fused-ring (bicyclic) bond motifs is 1. The maximum Gasteiger partial charge on any atom is 0.271 e. The lowest BCUT2D eigenvalue weighted by Gasteiger charge is -2.28. The second-order valence-electron chi connectivity index (χ2n) is 6.03. The quantitative estimate of drug-likeness (QED) is 0.604. The molecule has 0 spiro atoms. The highest BCUT2D eigenvalue weighted by Crippen LogP contribution is 2.35. The maximum absolute atomic E-state index is 12.6. The fourth-order valence-corrected chi connectivity index (χ4v) is 2.89. The minimum absolute atomic E-state index is 0.167. The van der Waals surface area contributed by atoms with Gasteiger partial charge in [0.2, 0.25) is 5.91 Å². The number of hydrogen-bond acceptors (Lipinski definition) is 6. The predicted molar refractivity (Wildman–Crippen MR) is 102 cm³/mol. The minimum Gasteiger partial charge on any atom is -0.495 e. The van der Waals surface area contributed by atoms with Crippen LogP contribution in [0.2, 0.25) is 5.02 Å². The van der Waals surface area contributed by atoms with Gasteiger partial charge in [0.1, 0.15) is 18.0 Å². The van der Waals surface area contributed by atoms with Gasteiger partial charge in [-0.05, 0) is 24.6 Å². The molecule has 0 fully saturated rings. The number of nitro groups is 1. The van der Waals surface area contributed by atoms with E-state index in [4.69, 9.17) is 21.1 Å². The Labute approximate surface area is 164 Å². The molecule has 9 nitrogen and oxygen atoms in total. The molecule has 1 aliphatic heterocycles. The van der Waals surface area contributed by atoms with Crippen molar-refractivity contribution >= 4 is 40.5 Å². The Morgan fingerprint density at radius 2 is 2.14 bits per heavy atom. The van der Waals surface area contributed by atoms with Crippen LogP contribution in [0.15, 0.2) is 30.3 Å². The van der Waals surface area contributed by atoms with Gasteiger partial charge in [0, 0.05) is 23.2 Å². The average molecular weight is 406 g/mol. The van der Waals surface area contributed by atoms with Crippen LogP contribution in [0.4, 0.5) is 17.1 Å². The molecular formula is C18H16ClN3O6. The molecule has 2 aromatic carbocycles. The van der Waals surface area contributed by atoms with Crippen LogP contribution in [0.3, 0.4) is 0 Å². The SMILES string of the molecule is COc1cc(Cl)c(C)cc1NC(=O)CN1C(=O)COc2ccc([N+](=O)[O-])cc21. The molecule has 0 radical (unpaired) electrons. The van der Waals surface area contributed by atoms with Gasteiger partial charge in [0.25, 0.3) is 11.6 Å². The molecule has 2 aromatic rings. The van der Waals surface area contributed by atoms with Gasteiger partial charge in [-0.25, -0.2) is 0 Å². The van der Waals surface area contributed by atoms with E-state index in [-0.39, 0.29) is 30.3 Å². The monoisotopic (exact) mass is 405 g/mol. The van der Waals surface area contributed by atoms with Crippen molar-refractivity contribution in [3.8, 4) is 11.5 Å². The van der Waals surface area contributed by atoms with Crippen LogP contribution in [-0.2, 0) is 9.59 Å². The summed E-state index contributed by atoms with van der Waals surface area (Å²) in [6.45, 7) is 1.17. The molecule has 1 heterocycles. The summed E-state index contributed by atoms with van der Waals surface area (Å²) in [6.07, 6.45) is 0. The molecule has 2 amide bonds. The summed E-state index contributed by atoms with van der Waals surface area (Å²) < 4.78 is 10.5. The highest BCUT2D eigenvalue weighted by Gasteiger charge is 2.29. The number of benzene rings is 2. The lowest BCUT2D eigenvalue weighted by atomic mass is 10.2. The van der Waals surface area contributed by atoms with Gasteiger partial charge >= 0.3 is 0 Å². The first-order valence-electron chi connectivity index (χ1n) is 8.15. The molecule has 1 N–H and O–H groups in total. The summed E-state index contributed by atoms with van der Waals surface area (Å²) in [6, 6.07) is 7.10. The van der Waals surface area contributed by atoms with Gasteiger partial charge in [-0.2, -0.15) is 0 Å². The number of carbonyl (C=O) groups is 2. The summed E-state index contributed by atoms with van der Waals surface area (Å²) in [7, 11) is 1.44. The van der Waals surface area contributed by atoms with Crippen LogP contribution in [0.5, 0.6) is 11.5 Å². The van der Waals surface area contributed by atoms with E-state index in [1.807, 2.05) is 0 Å². The van der Waals surface area contributed by atoms with Crippen molar-refractivity contribution in [1.29, 1.82) is 0 Å². The topological polar surface area (TPSA) is 111 Å². The minimum atomic E-state index is -0.584. The van der Waals surface area contributed by atoms with Gasteiger partial charge in [-0.15, -0.1) is 0 Å². The Kier molecular flexibility index (Phi) is 5.36. The standard InChI is InChI=1S/C18H16ClN3O6/c1-10-5-13(16(27-2)7-12(10)19)20-17(23)8-21-14-6-11(22(25)26)3-4-15(14)28-9-18(21)24/h3-7H,8-9H2,1-2H3,(H,20,23). The number of amides is 2. The fourth-order valence-electron chi connectivity index (χ4n) is 2.74. The zero-order valence-electron chi connectivity index (χ0n) is 15.0. The summed E-state index contributed by atoms with van der Waals surface area (Å²) >= 11 is 6.06. The summed E-state index contributed by atoms with van der Waals surface area (Å²) in [5.41, 5.74) is 1.09. The number of anilines is 2. The molecule has 1 aliphatic rings. The van der Waals surface area contributed by atoms with Crippen LogP contribution in [0, 0.1) is 17.0 Å². The average Bonchev–Trinajstić information content (AvgIpc) is 2.66. The predicted octanol–water partition coefficient (Wildman–Crippen LogP) is 2.93. The van der Waals surface area contributed by atoms with Crippen LogP contribution in [-0.4, -0.2) is 37.0 Å². The number of methoxy groups -OCH3 is 1. The molecule has 28 heavy (non-hydrogen) atoms. The second-order valence-corrected chi connectivity index (χ2v) is 6.43. The van der Waals surface area contributed by atoms with Gasteiger partial charge in [0.15, 0.2) is 6.61 Å². The summed E-state index contributed by atoms with van der Waals surface area (Å²) in [5.74, 6) is -0.332. The number of carbonyl (C=O) groups excluding carboxylic acids is 2. The first kappa shape index (κ1) is 19.4. The lowest BCUT2D eigenvalue weighted by Crippen LogP contribution is -2.43. The number of nitrogens with one attached hydrogen (secondary N) is 1. The van der Waals surface area contributed by atoms with Crippen molar-refractivity contribution in [2.24, 2.45) is 0 Å². The second kappa shape index (κ2) is 7.73. The number of halogens is 1. The normalized spacial score (nSPS) is 12.8. The summed E-state index contributed by atoms with van der Waals surface area (Å²) in [4.78, 5) is 36.4. The Balaban J connectivity index is 1.85. The molecule has 0 unspecified atom stereocenters. The van der Waals surface area contributed by atoms with E-state index in [0.29, 0.717) is 16.5 Å². The number of rotatable bonds is 5. The van der Waals surface area contributed by atoms with Crippen LogP contribution < -0.4 is 19.7 Å². The Morgan fingerprint density at radius 3 is 2.82 bits per heavy atom. The Hall–Kier alpha value is -3.33. The zero-order valence-corrected chi connectivity index (χ0v) is 15.8. The molecule has 10 heteroatoms. The molecule has 0 atom stereocenters. The first-order chi connectivity index (χ1) is 13.3. The van der Waals surface area contributed by atoms with Gasteiger partial charge in [-0.3, -0.25) is 24.6 Å². The van der Waals surface area contributed by atoms with E-state index in [0.717, 1.165) is 10.5 Å². The highest BCUT2D eigenvalue weighted by atomic mass is 35.5. The number of hydrogen-bond donors (Lipinski definition) is 1. The number of aryl methyl sites for hydroxylation is 1. The number of nitrogens with zero attached hydrogens (tertiary/aromatic N) is 2. The van der Waals surface area contributed by atoms with E-state index in [9.17, 15) is 19.7 Å². The molecule has 0 aromatic heterocycles. The maximum atomic E-state index is 12.6. The number of non-ortho nitro benzene ring substituents is 1. The Morgan fingerprint density at radius 1 is 1.39 bits per heavy atom. The van der Waals surface area contributed by atoms with Crippen molar-refractivity contribution < 1.29 is 24.0 Å². The highest BCUT2D eigenvalue weighted by molar-refractivity contribution is 6.31. The van der Waals surface area contributed by atoms with E-state index in [1.54, 1.807) is 19.1 Å². The van der Waals surface area contributed by atoms with Crippen molar-refractivity contribution in [1.82, 2.24) is 0 Å². The molecule has 146 valence electrons. The van der Waals surface area contributed by atoms with E-state index in [2.05, 4.69) is 5.32 Å². The van der Waals surface area contributed by atoms with E-state index >= 15 is 0 Å². The van der Waals surface area contributed by atoms with Crippen molar-refractivity contribution in [3.63, 3.8) is 0 Å². The van der Waals surface area contributed by atoms with Crippen molar-refractivity contribution in [2.45, 2.75) is 6.92 Å². The van der Waals surface area contributed by atoms with Crippen LogP contribution in [0.1, 0.15) is 5.56 Å². The molecular weight excluding hydrogens is 390 g/mol. The van der Waals surface area contributed by atoms with Gasteiger partial charge < -0.3 is 14.8 Å². The first-order valence-corrected chi connectivity index (χ1v) is 8.53. The van der Waals surface area contributed by atoms with E-state index in [1.165, 1.54) is 25.3 Å². The lowest BCUT2D eigenvalue weighted by molar-refractivity contribution is -0.384. The number of ether oxygens (including phenoxy) is 2. The van der Waals surface area contributed by atoms with Crippen LogP contribution in [0.25, 0.3) is 0 Å².